The maximum Gasteiger partial charge on any atom is 0.187 e. The highest BCUT2D eigenvalue weighted by Gasteiger charge is 2.51. The lowest BCUT2D eigenvalue weighted by molar-refractivity contribution is -0.363. The summed E-state index contributed by atoms with van der Waals surface area (Å²) >= 11 is 0. The summed E-state index contributed by atoms with van der Waals surface area (Å²) in [7, 11) is 0. The summed E-state index contributed by atoms with van der Waals surface area (Å²) < 4.78 is 45.4. The summed E-state index contributed by atoms with van der Waals surface area (Å²) in [5.74, 6) is 0. The second kappa shape index (κ2) is 25.0. The molecule has 0 aromatic rings. The zero-order valence-electron chi connectivity index (χ0n) is 37.6. The molecule has 0 radical (unpaired) electrons. The van der Waals surface area contributed by atoms with Crippen LogP contribution in [-0.2, 0) is 37.9 Å². The van der Waals surface area contributed by atoms with E-state index in [9.17, 15) is 61.3 Å². The van der Waals surface area contributed by atoms with Gasteiger partial charge in [-0.05, 0) is 80.1 Å². The number of allylic oxidation sites excluding steroid dienone is 5. The van der Waals surface area contributed by atoms with Gasteiger partial charge in [0.1, 0.15) is 85.5 Å². The van der Waals surface area contributed by atoms with Gasteiger partial charge in [0.15, 0.2) is 25.2 Å². The van der Waals surface area contributed by atoms with E-state index < -0.39 is 135 Å². The monoisotopic (exact) mass is 922 g/mol. The molecule has 0 aromatic heterocycles. The summed E-state index contributed by atoms with van der Waals surface area (Å²) in [4.78, 5) is 0. The predicted octanol–water partition coefficient (Wildman–Crippen LogP) is -1.55. The van der Waals surface area contributed by atoms with Crippen LogP contribution in [0.1, 0.15) is 80.1 Å². The molecule has 4 rings (SSSR count). The van der Waals surface area contributed by atoms with Gasteiger partial charge >= 0.3 is 0 Å². The first kappa shape index (κ1) is 54.8. The van der Waals surface area contributed by atoms with Gasteiger partial charge in [-0.1, -0.05) is 41.0 Å². The Labute approximate surface area is 374 Å². The molecule has 4 fully saturated rings. The Kier molecular flexibility index (Phi) is 21.4. The zero-order valence-corrected chi connectivity index (χ0v) is 37.6. The van der Waals surface area contributed by atoms with Crippen molar-refractivity contribution in [1.29, 1.82) is 0 Å². The fraction of sp³-hybridized carbons (Fsp3) is 0.818. The fourth-order valence-corrected chi connectivity index (χ4v) is 7.78. The lowest BCUT2D eigenvalue weighted by atomic mass is 9.95. The highest BCUT2D eigenvalue weighted by molar-refractivity contribution is 5.07. The van der Waals surface area contributed by atoms with Crippen LogP contribution < -0.4 is 0 Å². The van der Waals surface area contributed by atoms with E-state index in [0.717, 1.165) is 36.8 Å². The quantitative estimate of drug-likeness (QED) is 0.0580. The van der Waals surface area contributed by atoms with Gasteiger partial charge in [0.05, 0.1) is 37.6 Å². The van der Waals surface area contributed by atoms with E-state index in [4.69, 9.17) is 37.9 Å². The molecular weight excluding hydrogens is 848 g/mol. The minimum absolute atomic E-state index is 0.0720. The van der Waals surface area contributed by atoms with Crippen molar-refractivity contribution in [2.24, 2.45) is 0 Å². The van der Waals surface area contributed by atoms with Crippen LogP contribution in [0.5, 0.6) is 0 Å². The molecular formula is C44H74O20. The Morgan fingerprint density at radius 3 is 1.58 bits per heavy atom. The molecule has 21 atom stereocenters. The molecule has 370 valence electrons. The topological polar surface area (TPSA) is 317 Å². The number of ether oxygens (including phenoxy) is 8. The van der Waals surface area contributed by atoms with Gasteiger partial charge in [-0.25, -0.2) is 0 Å². The number of aliphatic hydroxyl groups excluding tert-OH is 12. The average Bonchev–Trinajstić information content (AvgIpc) is 3.26. The van der Waals surface area contributed by atoms with Gasteiger partial charge in [-0.15, -0.1) is 6.58 Å². The molecule has 4 heterocycles. The molecule has 0 spiro atoms. The number of hydrogen-bond donors (Lipinski definition) is 12. The molecule has 12 N–H and O–H groups in total. The molecule has 1 unspecified atom stereocenters. The molecule has 0 aromatic carbocycles. The predicted molar refractivity (Wildman–Crippen MR) is 225 cm³/mol. The Hall–Kier alpha value is -1.84. The Balaban J connectivity index is 1.17. The summed E-state index contributed by atoms with van der Waals surface area (Å²) in [5, 5.41) is 124. The van der Waals surface area contributed by atoms with Crippen molar-refractivity contribution in [3.63, 3.8) is 0 Å². The van der Waals surface area contributed by atoms with E-state index in [2.05, 4.69) is 18.7 Å². The van der Waals surface area contributed by atoms with Crippen LogP contribution in [-0.4, -0.2) is 210 Å². The van der Waals surface area contributed by atoms with E-state index in [0.29, 0.717) is 12.8 Å². The van der Waals surface area contributed by atoms with E-state index in [1.807, 2.05) is 26.8 Å². The second-order valence-corrected chi connectivity index (χ2v) is 17.7. The standard InChI is InChI=1S/C44H74O20/c1-8-44(7,64-43-38(56)34(52)39(26(18-45)61-43)63-42-37(55)32(50)29(47)25(6)60-42)17-11-16-22(3)13-9-12-21(2)14-10-15-23(4)19-57-41-36(54)33(51)30(48)27(62-41)20-58-40-35(53)31(49)28(46)24(5)59-40/h8,12,15-16,24-43,45-56H,1,9-11,13-14,17-20H2,2-7H3/b21-12+,22-16+,23-15-/t24-,25-,26+,27+,28-,29-,30+,31+,32+,33-,34+,35+,36+,37+,38+,39+,40+,41+,42-,43-,44?/m0/s1. The number of aliphatic hydroxyl groups is 12. The van der Waals surface area contributed by atoms with Crippen LogP contribution in [0.15, 0.2) is 47.6 Å². The minimum atomic E-state index is -1.67. The normalized spacial score (nSPS) is 42.6. The number of rotatable bonds is 21. The average molecular weight is 923 g/mol. The number of hydrogen-bond acceptors (Lipinski definition) is 20. The van der Waals surface area contributed by atoms with Crippen LogP contribution in [0.2, 0.25) is 0 Å². The van der Waals surface area contributed by atoms with Crippen molar-refractivity contribution in [2.45, 2.75) is 208 Å². The van der Waals surface area contributed by atoms with Crippen molar-refractivity contribution in [3.8, 4) is 0 Å². The van der Waals surface area contributed by atoms with Gasteiger partial charge in [0.25, 0.3) is 0 Å². The van der Waals surface area contributed by atoms with Crippen molar-refractivity contribution in [1.82, 2.24) is 0 Å². The first-order valence-corrected chi connectivity index (χ1v) is 22.0. The van der Waals surface area contributed by atoms with Gasteiger partial charge in [0.2, 0.25) is 0 Å². The van der Waals surface area contributed by atoms with Crippen LogP contribution >= 0.6 is 0 Å². The Bertz CT molecular complexity index is 1530. The zero-order chi connectivity index (χ0) is 47.6. The van der Waals surface area contributed by atoms with Gasteiger partial charge in [-0.3, -0.25) is 0 Å². The van der Waals surface area contributed by atoms with Crippen LogP contribution in [0, 0.1) is 0 Å². The molecule has 0 saturated carbocycles. The third-order valence-electron chi connectivity index (χ3n) is 12.3. The molecule has 0 amide bonds. The molecule has 20 nitrogen and oxygen atoms in total. The molecule has 0 bridgehead atoms. The molecule has 4 saturated heterocycles. The fourth-order valence-electron chi connectivity index (χ4n) is 7.78. The van der Waals surface area contributed by atoms with E-state index in [-0.39, 0.29) is 13.2 Å². The summed E-state index contributed by atoms with van der Waals surface area (Å²) in [6.07, 6.45) is -16.0. The van der Waals surface area contributed by atoms with Gasteiger partial charge in [-0.2, -0.15) is 0 Å². The molecule has 4 aliphatic rings. The summed E-state index contributed by atoms with van der Waals surface area (Å²) in [5.41, 5.74) is 2.19. The van der Waals surface area contributed by atoms with Crippen molar-refractivity contribution >= 4 is 0 Å². The highest BCUT2D eigenvalue weighted by Crippen LogP contribution is 2.33. The van der Waals surface area contributed by atoms with E-state index in [1.165, 1.54) is 19.4 Å². The summed E-state index contributed by atoms with van der Waals surface area (Å²) in [6.45, 7) is 13.6. The minimum Gasteiger partial charge on any atom is -0.394 e. The van der Waals surface area contributed by atoms with Crippen molar-refractivity contribution in [2.75, 3.05) is 19.8 Å². The Morgan fingerprint density at radius 1 is 0.547 bits per heavy atom. The molecule has 20 heteroatoms. The van der Waals surface area contributed by atoms with Crippen molar-refractivity contribution in [3.05, 3.63) is 47.6 Å². The molecule has 64 heavy (non-hydrogen) atoms. The van der Waals surface area contributed by atoms with Gasteiger partial charge < -0.3 is 99.2 Å². The van der Waals surface area contributed by atoms with Crippen molar-refractivity contribution < 1.29 is 99.2 Å². The van der Waals surface area contributed by atoms with Crippen LogP contribution in [0.25, 0.3) is 0 Å². The first-order chi connectivity index (χ1) is 30.1. The molecule has 4 aliphatic heterocycles. The smallest absolute Gasteiger partial charge is 0.187 e. The first-order valence-electron chi connectivity index (χ1n) is 22.0. The molecule has 0 aliphatic carbocycles. The SMILES string of the molecule is C=CC(C)(CC/C=C(\C)CC/C=C(\C)CC/C=C(/C)CO[C@@H]1O[C@H](CO[C@@H]2O[C@@H](C)[C@H](O)[C@@H](O)[C@H]2O)[C@@H](O)[C@H](O)[C@H]1O)O[C@@H]1O[C@H](CO)[C@@H](O[C@@H]2O[C@@H](C)[C@H](O)[C@@H](O)[C@H]2O)[C@H](O)[C@H]1O. The van der Waals surface area contributed by atoms with Gasteiger partial charge in [0, 0.05) is 0 Å². The highest BCUT2D eigenvalue weighted by atomic mass is 16.8. The lowest BCUT2D eigenvalue weighted by Gasteiger charge is -2.47. The van der Waals surface area contributed by atoms with E-state index >= 15 is 0 Å². The Morgan fingerprint density at radius 2 is 1.02 bits per heavy atom. The van der Waals surface area contributed by atoms with Crippen LogP contribution in [0.4, 0.5) is 0 Å². The third kappa shape index (κ3) is 14.3. The largest absolute Gasteiger partial charge is 0.394 e. The maximum atomic E-state index is 11.0. The second-order valence-electron chi connectivity index (χ2n) is 17.7. The van der Waals surface area contributed by atoms with E-state index in [1.54, 1.807) is 13.0 Å². The van der Waals surface area contributed by atoms with Crippen LogP contribution in [0.3, 0.4) is 0 Å². The third-order valence-corrected chi connectivity index (χ3v) is 12.3. The summed E-state index contributed by atoms with van der Waals surface area (Å²) in [6, 6.07) is 0. The lowest BCUT2D eigenvalue weighted by Crippen LogP contribution is -2.64. The maximum absolute atomic E-state index is 11.0.